The van der Waals surface area contributed by atoms with Crippen LogP contribution in [0.15, 0.2) is 56.5 Å². The van der Waals surface area contributed by atoms with Gasteiger partial charge in [-0.2, -0.15) is 8.42 Å². The first kappa shape index (κ1) is 24.4. The highest BCUT2D eigenvalue weighted by atomic mass is 32.2. The van der Waals surface area contributed by atoms with Crippen molar-refractivity contribution in [2.24, 2.45) is 10.3 Å². The third-order valence-electron chi connectivity index (χ3n) is 4.29. The number of nitrogens with zero attached hydrogens (tertiary/aromatic N) is 4. The Morgan fingerprint density at radius 3 is 2.16 bits per heavy atom. The van der Waals surface area contributed by atoms with Crippen LogP contribution >= 0.6 is 0 Å². The maximum absolute atomic E-state index is 12.4. The van der Waals surface area contributed by atoms with Crippen molar-refractivity contribution in [1.82, 2.24) is 4.31 Å². The minimum atomic E-state index is -4.59. The molecule has 0 aromatic heterocycles. The average molecular weight is 471 g/mol. The molecule has 0 unspecified atom stereocenters. The van der Waals surface area contributed by atoms with Crippen LogP contribution in [0, 0.1) is 6.92 Å². The van der Waals surface area contributed by atoms with E-state index in [1.165, 1.54) is 37.3 Å². The Balaban J connectivity index is 2.52. The lowest BCUT2D eigenvalue weighted by molar-refractivity contribution is 0.0697. The van der Waals surface area contributed by atoms with Crippen molar-refractivity contribution in [1.29, 1.82) is 0 Å². The number of hydrogen-bond donors (Lipinski definition) is 2. The number of aromatic carboxylic acids is 1. The molecule has 13 heteroatoms. The van der Waals surface area contributed by atoms with E-state index < -0.39 is 36.6 Å². The maximum Gasteiger partial charge on any atom is 0.337 e. The molecule has 0 saturated carbocycles. The van der Waals surface area contributed by atoms with E-state index >= 15 is 0 Å². The highest BCUT2D eigenvalue weighted by Crippen LogP contribution is 2.28. The van der Waals surface area contributed by atoms with Gasteiger partial charge >= 0.3 is 5.97 Å². The average Bonchev–Trinajstić information content (AvgIpc) is 2.68. The number of benzene rings is 2. The summed E-state index contributed by atoms with van der Waals surface area (Å²) in [6.45, 7) is 3.55. The third-order valence-corrected chi connectivity index (χ3v) is 6.95. The Labute approximate surface area is 180 Å². The van der Waals surface area contributed by atoms with Crippen LogP contribution in [0.4, 0.5) is 11.4 Å². The molecular weight excluding hydrogens is 448 g/mol. The fourth-order valence-electron chi connectivity index (χ4n) is 2.52. The quantitative estimate of drug-likeness (QED) is 0.339. The number of carboxylic acid groups (broad SMARTS) is 1. The number of carbonyl (C=O) groups is 1. The second-order valence-corrected chi connectivity index (χ2v) is 10.2. The van der Waals surface area contributed by atoms with Crippen LogP contribution < -0.4 is 5.01 Å². The summed E-state index contributed by atoms with van der Waals surface area (Å²) in [5.74, 6) is -1.43. The zero-order valence-electron chi connectivity index (χ0n) is 17.2. The Bertz CT molecular complexity index is 1240. The molecule has 11 nitrogen and oxygen atoms in total. The van der Waals surface area contributed by atoms with E-state index in [2.05, 4.69) is 10.3 Å². The first-order valence-electron chi connectivity index (χ1n) is 8.86. The first-order chi connectivity index (χ1) is 14.3. The Hall–Kier alpha value is -2.87. The van der Waals surface area contributed by atoms with Gasteiger partial charge in [0, 0.05) is 20.6 Å². The number of sulfonamides is 1. The minimum absolute atomic E-state index is 0.0174. The van der Waals surface area contributed by atoms with Gasteiger partial charge in [0.05, 0.1) is 26.7 Å². The van der Waals surface area contributed by atoms with Gasteiger partial charge in [0.2, 0.25) is 10.0 Å². The number of rotatable bonds is 8. The van der Waals surface area contributed by atoms with Crippen LogP contribution in [0.3, 0.4) is 0 Å². The standard InChI is InChI=1S/C18H22N4O7S2/c1-5-22(17-9-8-14(31(27,28)29)10-15(17)18(23)24)20-19-16-11-13(7-6-12(16)2)30(25,26)21(3)4/h6-11H,5H2,1-4H3,(H,23,24)(H,27,28,29). The predicted octanol–water partition coefficient (Wildman–Crippen LogP) is 2.72. The van der Waals surface area contributed by atoms with E-state index in [1.54, 1.807) is 19.9 Å². The normalized spacial score (nSPS) is 12.5. The largest absolute Gasteiger partial charge is 0.478 e. The maximum atomic E-state index is 12.4. The van der Waals surface area contributed by atoms with E-state index in [-0.39, 0.29) is 22.8 Å². The summed E-state index contributed by atoms with van der Waals surface area (Å²) in [7, 11) is -5.48. The third kappa shape index (κ3) is 5.44. The molecule has 168 valence electrons. The lowest BCUT2D eigenvalue weighted by Crippen LogP contribution is -2.22. The molecule has 0 aliphatic heterocycles. The summed E-state index contributed by atoms with van der Waals surface area (Å²) in [6, 6.07) is 7.42. The van der Waals surface area contributed by atoms with Gasteiger partial charge in [-0.15, -0.1) is 5.11 Å². The fraction of sp³-hybridized carbons (Fsp3) is 0.278. The van der Waals surface area contributed by atoms with Gasteiger partial charge in [0.25, 0.3) is 10.1 Å². The fourth-order valence-corrected chi connectivity index (χ4v) is 3.95. The molecule has 31 heavy (non-hydrogen) atoms. The number of hydrogen-bond acceptors (Lipinski definition) is 7. The molecule has 0 heterocycles. The molecule has 2 aromatic rings. The predicted molar refractivity (Wildman–Crippen MR) is 113 cm³/mol. The molecule has 0 saturated heterocycles. The molecule has 0 bridgehead atoms. The van der Waals surface area contributed by atoms with E-state index in [4.69, 9.17) is 4.55 Å². The molecular formula is C18H22N4O7S2. The monoisotopic (exact) mass is 470 g/mol. The van der Waals surface area contributed by atoms with Crippen molar-refractivity contribution in [3.05, 3.63) is 47.5 Å². The first-order valence-corrected chi connectivity index (χ1v) is 11.7. The van der Waals surface area contributed by atoms with Crippen molar-refractivity contribution in [2.45, 2.75) is 23.6 Å². The molecule has 0 fully saturated rings. The van der Waals surface area contributed by atoms with Gasteiger partial charge in [0.15, 0.2) is 0 Å². The van der Waals surface area contributed by atoms with Crippen LogP contribution in [-0.2, 0) is 20.1 Å². The summed E-state index contributed by atoms with van der Waals surface area (Å²) in [5.41, 5.74) is 0.531. The highest BCUT2D eigenvalue weighted by molar-refractivity contribution is 7.89. The molecule has 0 amide bonds. The summed E-state index contributed by atoms with van der Waals surface area (Å²) in [4.78, 5) is 11.1. The van der Waals surface area contributed by atoms with Gasteiger partial charge in [-0.3, -0.25) is 4.55 Å². The van der Waals surface area contributed by atoms with E-state index in [9.17, 15) is 26.7 Å². The molecule has 0 aliphatic carbocycles. The van der Waals surface area contributed by atoms with Crippen molar-refractivity contribution >= 4 is 37.5 Å². The SMILES string of the molecule is CCN(N=Nc1cc(S(=O)(=O)N(C)C)ccc1C)c1ccc(S(=O)(=O)O)cc1C(=O)O. The second-order valence-electron chi connectivity index (χ2n) is 6.60. The summed E-state index contributed by atoms with van der Waals surface area (Å²) < 4.78 is 57.6. The van der Waals surface area contributed by atoms with Gasteiger partial charge < -0.3 is 5.11 Å². The van der Waals surface area contributed by atoms with E-state index in [1.807, 2.05) is 0 Å². The molecule has 2 aromatic carbocycles. The number of anilines is 1. The van der Waals surface area contributed by atoms with Crippen LogP contribution in [0.1, 0.15) is 22.8 Å². The van der Waals surface area contributed by atoms with Crippen molar-refractivity contribution in [3.8, 4) is 0 Å². The lowest BCUT2D eigenvalue weighted by Gasteiger charge is -2.18. The van der Waals surface area contributed by atoms with Crippen LogP contribution in [0.2, 0.25) is 0 Å². The Kier molecular flexibility index (Phi) is 7.16. The second kappa shape index (κ2) is 9.09. The lowest BCUT2D eigenvalue weighted by atomic mass is 10.1. The van der Waals surface area contributed by atoms with Crippen molar-refractivity contribution in [3.63, 3.8) is 0 Å². The van der Waals surface area contributed by atoms with E-state index in [0.717, 1.165) is 16.4 Å². The zero-order valence-corrected chi connectivity index (χ0v) is 18.8. The van der Waals surface area contributed by atoms with Crippen LogP contribution in [0.5, 0.6) is 0 Å². The summed E-state index contributed by atoms with van der Waals surface area (Å²) >= 11 is 0. The summed E-state index contributed by atoms with van der Waals surface area (Å²) in [6.07, 6.45) is 0. The molecule has 0 atom stereocenters. The van der Waals surface area contributed by atoms with Gasteiger partial charge in [0.1, 0.15) is 0 Å². The van der Waals surface area contributed by atoms with E-state index in [0.29, 0.717) is 5.56 Å². The molecule has 0 spiro atoms. The highest BCUT2D eigenvalue weighted by Gasteiger charge is 2.21. The Morgan fingerprint density at radius 2 is 1.65 bits per heavy atom. The Morgan fingerprint density at radius 1 is 1.03 bits per heavy atom. The zero-order chi connectivity index (χ0) is 23.6. The summed E-state index contributed by atoms with van der Waals surface area (Å²) in [5, 5.41) is 18.8. The number of carboxylic acids is 1. The molecule has 2 rings (SSSR count). The molecule has 0 radical (unpaired) electrons. The topological polar surface area (TPSA) is 157 Å². The number of aryl methyl sites for hydroxylation is 1. The minimum Gasteiger partial charge on any atom is -0.478 e. The van der Waals surface area contributed by atoms with Gasteiger partial charge in [-0.1, -0.05) is 11.3 Å². The van der Waals surface area contributed by atoms with Crippen molar-refractivity contribution < 1.29 is 31.3 Å². The van der Waals surface area contributed by atoms with Gasteiger partial charge in [-0.25, -0.2) is 22.5 Å². The van der Waals surface area contributed by atoms with Gasteiger partial charge in [-0.05, 0) is 49.7 Å². The smallest absolute Gasteiger partial charge is 0.337 e. The van der Waals surface area contributed by atoms with Crippen LogP contribution in [0.25, 0.3) is 0 Å². The molecule has 2 N–H and O–H groups in total. The van der Waals surface area contributed by atoms with Crippen molar-refractivity contribution in [2.75, 3.05) is 25.6 Å². The van der Waals surface area contributed by atoms with Crippen LogP contribution in [-0.4, -0.2) is 57.4 Å². The molecule has 0 aliphatic rings.